The molecule has 1 aliphatic heterocycles. The maximum Gasteiger partial charge on any atom is 0.293 e. The second-order valence-corrected chi connectivity index (χ2v) is 6.64. The van der Waals surface area contributed by atoms with E-state index in [2.05, 4.69) is 30.9 Å². The number of anilines is 1. The van der Waals surface area contributed by atoms with E-state index < -0.39 is 0 Å². The van der Waals surface area contributed by atoms with Gasteiger partial charge in [0.05, 0.1) is 16.7 Å². The van der Waals surface area contributed by atoms with E-state index in [0.29, 0.717) is 17.9 Å². The highest BCUT2D eigenvalue weighted by molar-refractivity contribution is 9.10. The molecule has 0 bridgehead atoms. The summed E-state index contributed by atoms with van der Waals surface area (Å²) >= 11 is 3.42. The van der Waals surface area contributed by atoms with Crippen LogP contribution in [0.4, 0.5) is 5.82 Å². The Bertz CT molecular complexity index is 720. The van der Waals surface area contributed by atoms with Crippen LogP contribution < -0.4 is 10.5 Å². The first kappa shape index (κ1) is 13.1. The molecule has 6 nitrogen and oxygen atoms in total. The van der Waals surface area contributed by atoms with Gasteiger partial charge in [-0.2, -0.15) is 5.10 Å². The summed E-state index contributed by atoms with van der Waals surface area (Å²) in [5.41, 5.74) is 0.0438. The predicted molar refractivity (Wildman–Crippen MR) is 82.6 cm³/mol. The van der Waals surface area contributed by atoms with Crippen LogP contribution in [0.1, 0.15) is 31.3 Å². The molecule has 1 aliphatic carbocycles. The molecule has 2 aliphatic rings. The van der Waals surface area contributed by atoms with Crippen LogP contribution in [0, 0.1) is 0 Å². The van der Waals surface area contributed by atoms with Crippen molar-refractivity contribution in [3.05, 3.63) is 39.6 Å². The summed E-state index contributed by atoms with van der Waals surface area (Å²) in [6.07, 6.45) is 10.5. The average Bonchev–Trinajstić information content (AvgIpc) is 3.04. The lowest BCUT2D eigenvalue weighted by Gasteiger charge is -2.17. The van der Waals surface area contributed by atoms with E-state index in [9.17, 15) is 4.79 Å². The van der Waals surface area contributed by atoms with Crippen molar-refractivity contribution in [1.82, 2.24) is 19.3 Å². The van der Waals surface area contributed by atoms with Gasteiger partial charge in [0.15, 0.2) is 5.82 Å². The second kappa shape index (κ2) is 4.98. The van der Waals surface area contributed by atoms with Crippen molar-refractivity contribution in [2.24, 2.45) is 0 Å². The van der Waals surface area contributed by atoms with E-state index in [4.69, 9.17) is 0 Å². The summed E-state index contributed by atoms with van der Waals surface area (Å²) in [6, 6.07) is 0.687. The molecule has 4 rings (SSSR count). The SMILES string of the molecule is O=c1c(N2CCC(n3cc(Br)cn3)C2)nccn1C1CC1. The van der Waals surface area contributed by atoms with Crippen molar-refractivity contribution in [3.8, 4) is 0 Å². The van der Waals surface area contributed by atoms with Gasteiger partial charge in [-0.15, -0.1) is 0 Å². The molecule has 0 aromatic carbocycles. The van der Waals surface area contributed by atoms with Gasteiger partial charge in [0, 0.05) is 37.7 Å². The quantitative estimate of drug-likeness (QED) is 0.850. The molecule has 1 saturated heterocycles. The van der Waals surface area contributed by atoms with Crippen LogP contribution in [-0.4, -0.2) is 32.4 Å². The lowest BCUT2D eigenvalue weighted by Crippen LogP contribution is -2.31. The highest BCUT2D eigenvalue weighted by atomic mass is 79.9. The smallest absolute Gasteiger partial charge is 0.293 e. The third-order valence-corrected chi connectivity index (χ3v) is 4.61. The van der Waals surface area contributed by atoms with E-state index in [-0.39, 0.29) is 5.56 Å². The van der Waals surface area contributed by atoms with Crippen molar-refractivity contribution in [2.75, 3.05) is 18.0 Å². The molecule has 21 heavy (non-hydrogen) atoms. The van der Waals surface area contributed by atoms with Gasteiger partial charge < -0.3 is 9.47 Å². The highest BCUT2D eigenvalue weighted by Crippen LogP contribution is 2.33. The minimum Gasteiger partial charge on any atom is -0.350 e. The summed E-state index contributed by atoms with van der Waals surface area (Å²) in [7, 11) is 0. The summed E-state index contributed by atoms with van der Waals surface area (Å²) in [6.45, 7) is 1.63. The number of rotatable bonds is 3. The van der Waals surface area contributed by atoms with Crippen LogP contribution in [0.15, 0.2) is 34.1 Å². The van der Waals surface area contributed by atoms with Gasteiger partial charge in [-0.1, -0.05) is 0 Å². The molecule has 3 heterocycles. The van der Waals surface area contributed by atoms with Crippen molar-refractivity contribution in [1.29, 1.82) is 0 Å². The Kier molecular flexibility index (Phi) is 3.10. The fourth-order valence-electron chi connectivity index (χ4n) is 2.94. The number of nitrogens with zero attached hydrogens (tertiary/aromatic N) is 5. The lowest BCUT2D eigenvalue weighted by molar-refractivity contribution is 0.494. The maximum absolute atomic E-state index is 12.5. The minimum atomic E-state index is 0.0438. The summed E-state index contributed by atoms with van der Waals surface area (Å²) in [5, 5.41) is 4.34. The molecule has 1 saturated carbocycles. The summed E-state index contributed by atoms with van der Waals surface area (Å²) in [5.74, 6) is 0.582. The third kappa shape index (κ3) is 2.39. The van der Waals surface area contributed by atoms with E-state index >= 15 is 0 Å². The van der Waals surface area contributed by atoms with Crippen LogP contribution in [0.25, 0.3) is 0 Å². The molecule has 2 fully saturated rings. The van der Waals surface area contributed by atoms with Gasteiger partial charge in [-0.3, -0.25) is 9.48 Å². The molecule has 2 aromatic heterocycles. The van der Waals surface area contributed by atoms with Crippen LogP contribution in [0.2, 0.25) is 0 Å². The molecule has 1 atom stereocenters. The van der Waals surface area contributed by atoms with Crippen LogP contribution in [-0.2, 0) is 0 Å². The largest absolute Gasteiger partial charge is 0.350 e. The van der Waals surface area contributed by atoms with Gasteiger partial charge in [-0.25, -0.2) is 4.98 Å². The summed E-state index contributed by atoms with van der Waals surface area (Å²) in [4.78, 5) is 18.9. The minimum absolute atomic E-state index is 0.0438. The Labute approximate surface area is 130 Å². The molecule has 7 heteroatoms. The monoisotopic (exact) mass is 349 g/mol. The number of aromatic nitrogens is 4. The Morgan fingerprint density at radius 2 is 2.10 bits per heavy atom. The maximum atomic E-state index is 12.5. The van der Waals surface area contributed by atoms with Crippen LogP contribution in [0.3, 0.4) is 0 Å². The first-order chi connectivity index (χ1) is 10.2. The zero-order valence-corrected chi connectivity index (χ0v) is 13.1. The molecule has 1 unspecified atom stereocenters. The van der Waals surface area contributed by atoms with Crippen molar-refractivity contribution in [3.63, 3.8) is 0 Å². The number of halogens is 1. The first-order valence-electron chi connectivity index (χ1n) is 7.24. The molecular formula is C14H16BrN5O. The van der Waals surface area contributed by atoms with Crippen molar-refractivity contribution >= 4 is 21.7 Å². The zero-order valence-electron chi connectivity index (χ0n) is 11.5. The Morgan fingerprint density at radius 1 is 1.24 bits per heavy atom. The molecule has 2 aromatic rings. The Morgan fingerprint density at radius 3 is 2.81 bits per heavy atom. The predicted octanol–water partition coefficient (Wildman–Crippen LogP) is 1.99. The molecule has 0 radical (unpaired) electrons. The Balaban J connectivity index is 1.58. The average molecular weight is 350 g/mol. The van der Waals surface area contributed by atoms with Gasteiger partial charge in [0.2, 0.25) is 0 Å². The van der Waals surface area contributed by atoms with Crippen LogP contribution in [0.5, 0.6) is 0 Å². The molecular weight excluding hydrogens is 334 g/mol. The fourth-order valence-corrected chi connectivity index (χ4v) is 3.24. The van der Waals surface area contributed by atoms with Crippen LogP contribution >= 0.6 is 15.9 Å². The number of hydrogen-bond donors (Lipinski definition) is 0. The lowest BCUT2D eigenvalue weighted by atomic mass is 10.3. The first-order valence-corrected chi connectivity index (χ1v) is 8.03. The fraction of sp³-hybridized carbons (Fsp3) is 0.500. The van der Waals surface area contributed by atoms with Gasteiger partial charge in [0.1, 0.15) is 0 Å². The summed E-state index contributed by atoms with van der Waals surface area (Å²) < 4.78 is 4.78. The standard InChI is InChI=1S/C14H16BrN5O/c15-10-7-17-20(8-10)12-3-5-18(9-12)13-14(21)19(6-4-16-13)11-1-2-11/h4,6-8,11-12H,1-3,5,9H2. The van der Waals surface area contributed by atoms with Crippen molar-refractivity contribution < 1.29 is 0 Å². The molecule has 0 spiro atoms. The van der Waals surface area contributed by atoms with E-state index in [1.165, 1.54) is 0 Å². The van der Waals surface area contributed by atoms with Gasteiger partial charge in [-0.05, 0) is 35.2 Å². The highest BCUT2D eigenvalue weighted by Gasteiger charge is 2.30. The molecule has 0 amide bonds. The normalized spacial score (nSPS) is 22.0. The zero-order chi connectivity index (χ0) is 14.4. The molecule has 110 valence electrons. The topological polar surface area (TPSA) is 56.0 Å². The van der Waals surface area contributed by atoms with E-state index in [0.717, 1.165) is 36.8 Å². The second-order valence-electron chi connectivity index (χ2n) is 5.72. The number of hydrogen-bond acceptors (Lipinski definition) is 4. The molecule has 0 N–H and O–H groups in total. The van der Waals surface area contributed by atoms with E-state index in [1.54, 1.807) is 12.4 Å². The van der Waals surface area contributed by atoms with Gasteiger partial charge >= 0.3 is 0 Å². The van der Waals surface area contributed by atoms with Crippen molar-refractivity contribution in [2.45, 2.75) is 31.3 Å². The van der Waals surface area contributed by atoms with Gasteiger partial charge in [0.25, 0.3) is 5.56 Å². The third-order valence-electron chi connectivity index (χ3n) is 4.20. The van der Waals surface area contributed by atoms with E-state index in [1.807, 2.05) is 21.6 Å². The Hall–Kier alpha value is -1.63.